The minimum atomic E-state index is -1.41. The fourth-order valence-electron chi connectivity index (χ4n) is 0.852. The average molecular weight is 212 g/mol. The van der Waals surface area contributed by atoms with E-state index in [1.807, 2.05) is 6.07 Å². The number of para-hydroxylation sites is 1. The maximum atomic E-state index is 11.3. The molecule has 76 valence electrons. The van der Waals surface area contributed by atoms with Crippen LogP contribution in [0.1, 0.15) is 13.3 Å². The first-order valence-corrected chi connectivity index (χ1v) is 5.54. The van der Waals surface area contributed by atoms with Crippen molar-refractivity contribution in [1.29, 1.82) is 0 Å². The van der Waals surface area contributed by atoms with Gasteiger partial charge in [0.1, 0.15) is 11.5 Å². The van der Waals surface area contributed by atoms with Crippen LogP contribution in [-0.2, 0) is 15.9 Å². The third-order valence-corrected chi connectivity index (χ3v) is 2.47. The summed E-state index contributed by atoms with van der Waals surface area (Å²) < 4.78 is 16.3. The van der Waals surface area contributed by atoms with Gasteiger partial charge in [-0.2, -0.15) is 0 Å². The standard InChI is InChI=1S/C10H12O3S/c1-9(11)7-8-14(12)13-10-5-3-2-4-6-10/h2-6H,7-8H2,1H3. The van der Waals surface area contributed by atoms with E-state index in [2.05, 4.69) is 0 Å². The highest BCUT2D eigenvalue weighted by Crippen LogP contribution is 2.10. The van der Waals surface area contributed by atoms with Gasteiger partial charge in [0.25, 0.3) is 0 Å². The van der Waals surface area contributed by atoms with Crippen LogP contribution in [0.2, 0.25) is 0 Å². The molecule has 0 spiro atoms. The molecule has 0 aliphatic carbocycles. The summed E-state index contributed by atoms with van der Waals surface area (Å²) in [5.41, 5.74) is 0. The summed E-state index contributed by atoms with van der Waals surface area (Å²) in [7, 11) is 0. The number of rotatable bonds is 5. The molecule has 0 aliphatic heterocycles. The number of hydrogen-bond donors (Lipinski definition) is 0. The van der Waals surface area contributed by atoms with Crippen molar-refractivity contribution in [3.63, 3.8) is 0 Å². The Morgan fingerprint density at radius 1 is 1.36 bits per heavy atom. The number of carbonyl (C=O) groups excluding carboxylic acids is 1. The van der Waals surface area contributed by atoms with Gasteiger partial charge in [0, 0.05) is 6.42 Å². The van der Waals surface area contributed by atoms with E-state index in [0.717, 1.165) is 0 Å². The summed E-state index contributed by atoms with van der Waals surface area (Å²) in [5, 5.41) is 0. The van der Waals surface area contributed by atoms with Gasteiger partial charge in [-0.05, 0) is 19.1 Å². The molecule has 0 heterocycles. The van der Waals surface area contributed by atoms with Gasteiger partial charge in [-0.3, -0.25) is 4.79 Å². The molecule has 0 saturated heterocycles. The van der Waals surface area contributed by atoms with Crippen molar-refractivity contribution < 1.29 is 13.2 Å². The van der Waals surface area contributed by atoms with Crippen molar-refractivity contribution >= 4 is 16.9 Å². The Morgan fingerprint density at radius 3 is 2.57 bits per heavy atom. The summed E-state index contributed by atoms with van der Waals surface area (Å²) >= 11 is -1.41. The molecule has 14 heavy (non-hydrogen) atoms. The first-order valence-electron chi connectivity index (χ1n) is 4.29. The van der Waals surface area contributed by atoms with Crippen LogP contribution >= 0.6 is 0 Å². The lowest BCUT2D eigenvalue weighted by Gasteiger charge is -2.02. The maximum Gasteiger partial charge on any atom is 0.206 e. The molecule has 0 aliphatic rings. The van der Waals surface area contributed by atoms with Gasteiger partial charge >= 0.3 is 0 Å². The van der Waals surface area contributed by atoms with Crippen LogP contribution in [0.15, 0.2) is 30.3 Å². The quantitative estimate of drug-likeness (QED) is 0.746. The second-order valence-corrected chi connectivity index (χ2v) is 4.04. The monoisotopic (exact) mass is 212 g/mol. The lowest BCUT2D eigenvalue weighted by Crippen LogP contribution is -2.08. The molecule has 1 atom stereocenters. The Bertz CT molecular complexity index is 321. The first-order chi connectivity index (χ1) is 6.68. The zero-order valence-electron chi connectivity index (χ0n) is 7.93. The first kappa shape index (κ1) is 10.9. The van der Waals surface area contributed by atoms with E-state index < -0.39 is 11.1 Å². The Balaban J connectivity index is 2.38. The van der Waals surface area contributed by atoms with Gasteiger partial charge in [-0.1, -0.05) is 18.2 Å². The molecule has 0 bridgehead atoms. The zero-order chi connectivity index (χ0) is 10.4. The van der Waals surface area contributed by atoms with Crippen LogP contribution in [-0.4, -0.2) is 15.7 Å². The molecule has 0 fully saturated rings. The number of carbonyl (C=O) groups is 1. The third kappa shape index (κ3) is 4.18. The van der Waals surface area contributed by atoms with Gasteiger partial charge in [0.15, 0.2) is 0 Å². The third-order valence-electron chi connectivity index (χ3n) is 1.55. The maximum absolute atomic E-state index is 11.3. The number of hydrogen-bond acceptors (Lipinski definition) is 3. The van der Waals surface area contributed by atoms with Crippen LogP contribution < -0.4 is 4.18 Å². The lowest BCUT2D eigenvalue weighted by atomic mass is 10.3. The highest BCUT2D eigenvalue weighted by molar-refractivity contribution is 7.80. The Kier molecular flexibility index (Phi) is 4.32. The topological polar surface area (TPSA) is 43.4 Å². The van der Waals surface area contributed by atoms with E-state index in [0.29, 0.717) is 12.2 Å². The average Bonchev–Trinajstić information content (AvgIpc) is 2.16. The van der Waals surface area contributed by atoms with Crippen molar-refractivity contribution in [1.82, 2.24) is 0 Å². The van der Waals surface area contributed by atoms with E-state index >= 15 is 0 Å². The van der Waals surface area contributed by atoms with Crippen LogP contribution in [0.25, 0.3) is 0 Å². The van der Waals surface area contributed by atoms with Crippen molar-refractivity contribution in [3.8, 4) is 5.75 Å². The molecule has 1 aromatic rings. The SMILES string of the molecule is CC(=O)CCS(=O)Oc1ccccc1. The smallest absolute Gasteiger partial charge is 0.206 e. The molecule has 1 aromatic carbocycles. The number of benzene rings is 1. The Morgan fingerprint density at radius 2 is 2.00 bits per heavy atom. The number of Topliss-reactive ketones (excluding diaryl/α,β-unsaturated/α-hetero) is 1. The highest BCUT2D eigenvalue weighted by atomic mass is 32.2. The van der Waals surface area contributed by atoms with E-state index in [9.17, 15) is 9.00 Å². The lowest BCUT2D eigenvalue weighted by molar-refractivity contribution is -0.116. The minimum absolute atomic E-state index is 0.0232. The minimum Gasteiger partial charge on any atom is -0.401 e. The molecule has 0 N–H and O–H groups in total. The van der Waals surface area contributed by atoms with E-state index in [1.54, 1.807) is 24.3 Å². The fourth-order valence-corrected chi connectivity index (χ4v) is 1.72. The summed E-state index contributed by atoms with van der Waals surface area (Å²) in [6.45, 7) is 1.47. The Hall–Kier alpha value is -1.16. The van der Waals surface area contributed by atoms with Crippen LogP contribution in [0.4, 0.5) is 0 Å². The highest BCUT2D eigenvalue weighted by Gasteiger charge is 2.03. The molecule has 0 radical (unpaired) electrons. The molecule has 0 amide bonds. The molecular formula is C10H12O3S. The zero-order valence-corrected chi connectivity index (χ0v) is 8.75. The fraction of sp³-hybridized carbons (Fsp3) is 0.300. The largest absolute Gasteiger partial charge is 0.401 e. The van der Waals surface area contributed by atoms with E-state index in [1.165, 1.54) is 6.92 Å². The van der Waals surface area contributed by atoms with Crippen molar-refractivity contribution in [2.75, 3.05) is 5.75 Å². The second-order valence-electron chi connectivity index (χ2n) is 2.86. The molecule has 1 rings (SSSR count). The second kappa shape index (κ2) is 5.54. The predicted molar refractivity (Wildman–Crippen MR) is 55.4 cm³/mol. The summed E-state index contributed by atoms with van der Waals surface area (Å²) in [6.07, 6.45) is 0.291. The molecule has 1 unspecified atom stereocenters. The van der Waals surface area contributed by atoms with Crippen LogP contribution in [0, 0.1) is 0 Å². The van der Waals surface area contributed by atoms with E-state index in [-0.39, 0.29) is 11.5 Å². The summed E-state index contributed by atoms with van der Waals surface area (Å²) in [4.78, 5) is 10.6. The van der Waals surface area contributed by atoms with Gasteiger partial charge in [-0.15, -0.1) is 0 Å². The van der Waals surface area contributed by atoms with Crippen LogP contribution in [0.3, 0.4) is 0 Å². The van der Waals surface area contributed by atoms with Gasteiger partial charge in [-0.25, -0.2) is 4.21 Å². The summed E-state index contributed by atoms with van der Waals surface area (Å²) in [5.74, 6) is 0.842. The summed E-state index contributed by atoms with van der Waals surface area (Å²) in [6, 6.07) is 8.91. The van der Waals surface area contributed by atoms with Crippen molar-refractivity contribution in [3.05, 3.63) is 30.3 Å². The number of ketones is 1. The molecular weight excluding hydrogens is 200 g/mol. The van der Waals surface area contributed by atoms with Gasteiger partial charge < -0.3 is 4.18 Å². The normalized spacial score (nSPS) is 12.1. The Labute approximate surface area is 85.7 Å². The molecule has 3 nitrogen and oxygen atoms in total. The van der Waals surface area contributed by atoms with E-state index in [4.69, 9.17) is 4.18 Å². The predicted octanol–water partition coefficient (Wildman–Crippen LogP) is 1.71. The van der Waals surface area contributed by atoms with Gasteiger partial charge in [0.2, 0.25) is 11.1 Å². The van der Waals surface area contributed by atoms with Crippen LogP contribution in [0.5, 0.6) is 5.75 Å². The van der Waals surface area contributed by atoms with Crippen molar-refractivity contribution in [2.24, 2.45) is 0 Å². The van der Waals surface area contributed by atoms with Gasteiger partial charge in [0.05, 0.1) is 5.75 Å². The molecule has 0 saturated carbocycles. The molecule has 0 aromatic heterocycles. The van der Waals surface area contributed by atoms with Crippen molar-refractivity contribution in [2.45, 2.75) is 13.3 Å². The molecule has 4 heteroatoms.